The Balaban J connectivity index is 1.53. The van der Waals surface area contributed by atoms with Crippen LogP contribution in [0, 0.1) is 0 Å². The van der Waals surface area contributed by atoms with Gasteiger partial charge in [0.25, 0.3) is 0 Å². The number of nitrogens with zero attached hydrogens (tertiary/aromatic N) is 1. The normalized spacial score (nSPS) is 15.5. The number of amides is 2. The third-order valence-electron chi connectivity index (χ3n) is 10.5. The van der Waals surface area contributed by atoms with Crippen LogP contribution in [0.15, 0.2) is 78.9 Å². The van der Waals surface area contributed by atoms with Gasteiger partial charge in [-0.05, 0) is 47.4 Å². The van der Waals surface area contributed by atoms with Crippen LogP contribution in [0.25, 0.3) is 0 Å². The van der Waals surface area contributed by atoms with E-state index in [0.29, 0.717) is 19.4 Å². The second-order valence-corrected chi connectivity index (χ2v) is 14.3. The van der Waals surface area contributed by atoms with E-state index in [0.717, 1.165) is 47.5 Å². The number of hydrogen-bond acceptors (Lipinski definition) is 7. The van der Waals surface area contributed by atoms with E-state index in [4.69, 9.17) is 18.9 Å². The number of carbonyl (C=O) groups is 3. The van der Waals surface area contributed by atoms with Gasteiger partial charge >= 0.3 is 5.97 Å². The molecule has 3 aromatic rings. The molecule has 0 aromatic heterocycles. The molecule has 9 nitrogen and oxygen atoms in total. The zero-order valence-corrected chi connectivity index (χ0v) is 33.0. The molecule has 0 radical (unpaired) electrons. The van der Waals surface area contributed by atoms with Crippen LogP contribution < -0.4 is 14.8 Å². The lowest BCUT2D eigenvalue weighted by Gasteiger charge is -2.38. The third-order valence-corrected chi connectivity index (χ3v) is 10.5. The number of esters is 1. The summed E-state index contributed by atoms with van der Waals surface area (Å²) in [6.07, 6.45) is 13.7. The van der Waals surface area contributed by atoms with Crippen molar-refractivity contribution in [1.29, 1.82) is 0 Å². The number of benzene rings is 3. The van der Waals surface area contributed by atoms with Gasteiger partial charge < -0.3 is 29.2 Å². The molecule has 4 rings (SSSR count). The molecule has 0 aliphatic carbocycles. The van der Waals surface area contributed by atoms with Gasteiger partial charge in [-0.1, -0.05) is 126 Å². The highest BCUT2D eigenvalue weighted by Gasteiger charge is 2.42. The van der Waals surface area contributed by atoms with Crippen LogP contribution in [0.5, 0.6) is 11.5 Å². The summed E-state index contributed by atoms with van der Waals surface area (Å²) >= 11 is 0. The fraction of sp³-hybridized carbons (Fsp3) is 0.533. The Morgan fingerprint density at radius 2 is 1.20 bits per heavy atom. The van der Waals surface area contributed by atoms with Crippen molar-refractivity contribution in [3.63, 3.8) is 0 Å². The molecule has 0 bridgehead atoms. The molecule has 54 heavy (non-hydrogen) atoms. The maximum Gasteiger partial charge on any atom is 0.306 e. The predicted octanol–water partition coefficient (Wildman–Crippen LogP) is 8.75. The highest BCUT2D eigenvalue weighted by atomic mass is 16.5. The average molecular weight is 743 g/mol. The fourth-order valence-corrected chi connectivity index (χ4v) is 7.39. The number of methoxy groups -OCH3 is 2. The minimum Gasteiger partial charge on any atom is -0.497 e. The number of likely N-dealkylation sites (tertiary alicyclic amines) is 1. The Bertz CT molecular complexity index is 1500. The van der Waals surface area contributed by atoms with Crippen molar-refractivity contribution in [3.8, 4) is 11.5 Å². The molecule has 1 N–H and O–H groups in total. The molecule has 0 unspecified atom stereocenters. The summed E-state index contributed by atoms with van der Waals surface area (Å²) < 4.78 is 24.1. The van der Waals surface area contributed by atoms with Crippen LogP contribution in [0.3, 0.4) is 0 Å². The number of rotatable bonds is 24. The van der Waals surface area contributed by atoms with Crippen LogP contribution in [0.1, 0.15) is 120 Å². The molecule has 9 heteroatoms. The molecule has 2 amide bonds. The van der Waals surface area contributed by atoms with E-state index in [2.05, 4.69) is 24.4 Å². The number of nitrogens with one attached hydrogen (secondary N) is 1. The van der Waals surface area contributed by atoms with Gasteiger partial charge in [-0.15, -0.1) is 0 Å². The maximum atomic E-state index is 13.9. The first-order chi connectivity index (χ1) is 26.3. The summed E-state index contributed by atoms with van der Waals surface area (Å²) in [7, 11) is 4.83. The first-order valence-electron chi connectivity index (χ1n) is 20.0. The maximum absolute atomic E-state index is 13.9. The Labute approximate surface area is 323 Å². The van der Waals surface area contributed by atoms with E-state index in [-0.39, 0.29) is 37.3 Å². The van der Waals surface area contributed by atoms with Crippen LogP contribution >= 0.6 is 0 Å². The lowest BCUT2D eigenvalue weighted by Crippen LogP contribution is -2.42. The third kappa shape index (κ3) is 12.3. The first-order valence-corrected chi connectivity index (χ1v) is 20.0. The number of hydrogen-bond donors (Lipinski definition) is 1. The van der Waals surface area contributed by atoms with Crippen LogP contribution in [-0.4, -0.2) is 69.2 Å². The van der Waals surface area contributed by atoms with Gasteiger partial charge in [0.05, 0.1) is 39.8 Å². The van der Waals surface area contributed by atoms with Crippen molar-refractivity contribution >= 4 is 17.8 Å². The van der Waals surface area contributed by atoms with Crippen LogP contribution in [0.4, 0.5) is 0 Å². The fourth-order valence-electron chi connectivity index (χ4n) is 7.39. The predicted molar refractivity (Wildman–Crippen MR) is 213 cm³/mol. The Morgan fingerprint density at radius 1 is 0.685 bits per heavy atom. The molecule has 3 aromatic carbocycles. The van der Waals surface area contributed by atoms with Crippen molar-refractivity contribution in [3.05, 3.63) is 95.6 Å². The minimum absolute atomic E-state index is 0.0178. The first kappa shape index (κ1) is 42.4. The van der Waals surface area contributed by atoms with Gasteiger partial charge in [-0.25, -0.2) is 0 Å². The largest absolute Gasteiger partial charge is 0.497 e. The quantitative estimate of drug-likeness (QED) is 0.0556. The van der Waals surface area contributed by atoms with Crippen molar-refractivity contribution in [2.75, 3.05) is 34.4 Å². The molecular formula is C45H62N2O7. The highest BCUT2D eigenvalue weighted by Crippen LogP contribution is 2.42. The summed E-state index contributed by atoms with van der Waals surface area (Å²) in [5.41, 5.74) is 1.67. The Kier molecular flexibility index (Phi) is 17.9. The number of ether oxygens (including phenoxy) is 4. The summed E-state index contributed by atoms with van der Waals surface area (Å²) in [6, 6.07) is 25.5. The highest BCUT2D eigenvalue weighted by molar-refractivity contribution is 5.81. The summed E-state index contributed by atoms with van der Waals surface area (Å²) in [5.74, 6) is 0.835. The zero-order chi connectivity index (χ0) is 38.6. The molecular weight excluding hydrogens is 681 g/mol. The molecule has 1 heterocycles. The molecule has 1 aliphatic heterocycles. The molecule has 0 spiro atoms. The van der Waals surface area contributed by atoms with E-state index in [9.17, 15) is 14.4 Å². The van der Waals surface area contributed by atoms with Crippen LogP contribution in [-0.2, 0) is 29.5 Å². The standard InChI is InChI=1S/C45H62N2O7/c1-5-6-7-8-9-10-11-12-13-14-18-21-43(49)47-33-41(54-44(50)31-30-42(48)46-2)32-38(47)34-53-45(35-19-16-15-17-20-35,36-22-26-39(51-3)27-23-36)37-24-28-40(52-4)29-25-37/h15-17,19-20,22-29,38,41H,5-14,18,21,30-34H2,1-4H3,(H,46,48)/t38-,41+/m0/s1. The second-order valence-electron chi connectivity index (χ2n) is 14.3. The van der Waals surface area contributed by atoms with Crippen molar-refractivity contribution in [1.82, 2.24) is 10.2 Å². The van der Waals surface area contributed by atoms with Crippen LogP contribution in [0.2, 0.25) is 0 Å². The summed E-state index contributed by atoms with van der Waals surface area (Å²) in [6.45, 7) is 2.74. The number of unbranched alkanes of at least 4 members (excludes halogenated alkanes) is 10. The van der Waals surface area contributed by atoms with Crippen molar-refractivity contribution in [2.24, 2.45) is 0 Å². The van der Waals surface area contributed by atoms with Gasteiger partial charge in [0.1, 0.15) is 23.2 Å². The SMILES string of the molecule is CCCCCCCCCCCCCC(=O)N1C[C@H](OC(=O)CCC(=O)NC)C[C@H]1COC(c1ccccc1)(c1ccc(OC)cc1)c1ccc(OC)cc1. The molecule has 294 valence electrons. The summed E-state index contributed by atoms with van der Waals surface area (Å²) in [4.78, 5) is 40.4. The Hall–Kier alpha value is -4.37. The lowest BCUT2D eigenvalue weighted by molar-refractivity contribution is -0.150. The number of carbonyl (C=O) groups excluding carboxylic acids is 3. The van der Waals surface area contributed by atoms with Gasteiger partial charge in [-0.3, -0.25) is 14.4 Å². The van der Waals surface area contributed by atoms with Gasteiger partial charge in [-0.2, -0.15) is 0 Å². The molecule has 0 saturated carbocycles. The second kappa shape index (κ2) is 22.8. The van der Waals surface area contributed by atoms with E-state index in [1.54, 1.807) is 21.3 Å². The topological polar surface area (TPSA) is 103 Å². The lowest BCUT2D eigenvalue weighted by atomic mass is 9.80. The minimum atomic E-state index is -1.05. The molecule has 1 aliphatic rings. The van der Waals surface area contributed by atoms with E-state index < -0.39 is 17.7 Å². The monoisotopic (exact) mass is 742 g/mol. The molecule has 1 saturated heterocycles. The van der Waals surface area contributed by atoms with E-state index in [1.807, 2.05) is 71.6 Å². The Morgan fingerprint density at radius 3 is 1.72 bits per heavy atom. The van der Waals surface area contributed by atoms with Crippen molar-refractivity contribution < 1.29 is 33.3 Å². The summed E-state index contributed by atoms with van der Waals surface area (Å²) in [5, 5.41) is 2.54. The van der Waals surface area contributed by atoms with Gasteiger partial charge in [0.2, 0.25) is 11.8 Å². The van der Waals surface area contributed by atoms with Crippen molar-refractivity contribution in [2.45, 2.75) is 121 Å². The van der Waals surface area contributed by atoms with E-state index in [1.165, 1.54) is 51.4 Å². The smallest absolute Gasteiger partial charge is 0.306 e. The van der Waals surface area contributed by atoms with Gasteiger partial charge in [0, 0.05) is 26.3 Å². The molecule has 2 atom stereocenters. The van der Waals surface area contributed by atoms with Gasteiger partial charge in [0.15, 0.2) is 0 Å². The van der Waals surface area contributed by atoms with E-state index >= 15 is 0 Å². The zero-order valence-electron chi connectivity index (χ0n) is 33.0. The average Bonchev–Trinajstić information content (AvgIpc) is 3.62. The molecule has 1 fully saturated rings.